The van der Waals surface area contributed by atoms with Gasteiger partial charge in [0.25, 0.3) is 0 Å². The van der Waals surface area contributed by atoms with E-state index in [0.717, 1.165) is 12.8 Å². The molecule has 1 fully saturated rings. The van der Waals surface area contributed by atoms with Crippen LogP contribution in [0.3, 0.4) is 0 Å². The summed E-state index contributed by atoms with van der Waals surface area (Å²) in [4.78, 5) is 12.1. The van der Waals surface area contributed by atoms with Gasteiger partial charge in [0.15, 0.2) is 15.6 Å². The van der Waals surface area contributed by atoms with E-state index in [0.29, 0.717) is 16.9 Å². The molecule has 1 aliphatic carbocycles. The Balaban J connectivity index is 2.20. The second-order valence-electron chi connectivity index (χ2n) is 4.48. The number of hydrogen-bond donors (Lipinski definition) is 0. The maximum atomic E-state index is 11.8. The Bertz CT molecular complexity index is 510. The van der Waals surface area contributed by atoms with Crippen LogP contribution in [-0.4, -0.2) is 20.0 Å². The number of carbonyl (C=O) groups is 1. The van der Waals surface area contributed by atoms with Gasteiger partial charge in [-0.1, -0.05) is 19.1 Å². The Morgan fingerprint density at radius 3 is 2.29 bits per heavy atom. The first kappa shape index (κ1) is 12.3. The first-order valence-corrected chi connectivity index (χ1v) is 7.57. The van der Waals surface area contributed by atoms with Gasteiger partial charge >= 0.3 is 0 Å². The lowest BCUT2D eigenvalue weighted by Gasteiger charge is -2.04. The molecule has 0 aliphatic heterocycles. The molecule has 0 bridgehead atoms. The molecular formula is C13H16O3S. The molecule has 1 saturated carbocycles. The van der Waals surface area contributed by atoms with Gasteiger partial charge in [0, 0.05) is 11.5 Å². The summed E-state index contributed by atoms with van der Waals surface area (Å²) in [6, 6.07) is 6.34. The molecule has 2 rings (SSSR count). The zero-order valence-electron chi connectivity index (χ0n) is 9.85. The zero-order chi connectivity index (χ0) is 12.5. The van der Waals surface area contributed by atoms with Gasteiger partial charge < -0.3 is 0 Å². The van der Waals surface area contributed by atoms with Crippen LogP contribution in [0.1, 0.15) is 36.5 Å². The Hall–Kier alpha value is -1.16. The van der Waals surface area contributed by atoms with Crippen molar-refractivity contribution in [2.75, 3.05) is 5.75 Å². The van der Waals surface area contributed by atoms with Gasteiger partial charge in [-0.25, -0.2) is 8.42 Å². The topological polar surface area (TPSA) is 51.2 Å². The van der Waals surface area contributed by atoms with E-state index in [1.807, 2.05) is 6.92 Å². The van der Waals surface area contributed by atoms with E-state index in [9.17, 15) is 13.2 Å². The van der Waals surface area contributed by atoms with Crippen LogP contribution in [0.5, 0.6) is 0 Å². The number of Topliss-reactive ketones (excluding diaryl/α,β-unsaturated/α-hetero) is 1. The smallest absolute Gasteiger partial charge is 0.178 e. The second kappa shape index (κ2) is 4.61. The number of benzene rings is 1. The standard InChI is InChI=1S/C13H16O3S/c1-2-9-17(15,16)12-7-5-11(6-8-12)13(14)10-3-4-10/h5-8,10H,2-4,9H2,1H3. The van der Waals surface area contributed by atoms with Gasteiger partial charge in [-0.2, -0.15) is 0 Å². The van der Waals surface area contributed by atoms with E-state index in [4.69, 9.17) is 0 Å². The minimum Gasteiger partial charge on any atom is -0.294 e. The van der Waals surface area contributed by atoms with E-state index in [2.05, 4.69) is 0 Å². The molecule has 0 N–H and O–H groups in total. The predicted octanol–water partition coefficient (Wildman–Crippen LogP) is 2.46. The molecule has 1 aromatic carbocycles. The van der Waals surface area contributed by atoms with Crippen LogP contribution < -0.4 is 0 Å². The predicted molar refractivity (Wildman–Crippen MR) is 65.8 cm³/mol. The molecule has 1 aliphatic rings. The summed E-state index contributed by atoms with van der Waals surface area (Å²) >= 11 is 0. The van der Waals surface area contributed by atoms with Crippen LogP contribution >= 0.6 is 0 Å². The quantitative estimate of drug-likeness (QED) is 0.756. The first-order chi connectivity index (χ1) is 8.04. The summed E-state index contributed by atoms with van der Waals surface area (Å²) in [5.41, 5.74) is 0.628. The molecule has 0 heterocycles. The van der Waals surface area contributed by atoms with Crippen molar-refractivity contribution in [2.24, 2.45) is 5.92 Å². The van der Waals surface area contributed by atoms with E-state index < -0.39 is 9.84 Å². The van der Waals surface area contributed by atoms with Crippen molar-refractivity contribution in [3.8, 4) is 0 Å². The fourth-order valence-corrected chi connectivity index (χ4v) is 3.12. The third kappa shape index (κ3) is 2.75. The Morgan fingerprint density at radius 1 is 1.24 bits per heavy atom. The average Bonchev–Trinajstić information content (AvgIpc) is 3.12. The van der Waals surface area contributed by atoms with Gasteiger partial charge in [-0.15, -0.1) is 0 Å². The Labute approximate surface area is 102 Å². The largest absolute Gasteiger partial charge is 0.294 e. The zero-order valence-corrected chi connectivity index (χ0v) is 10.7. The molecule has 17 heavy (non-hydrogen) atoms. The Kier molecular flexibility index (Phi) is 3.33. The minimum atomic E-state index is -3.17. The van der Waals surface area contributed by atoms with E-state index in [1.54, 1.807) is 24.3 Å². The number of ketones is 1. The average molecular weight is 252 g/mol. The number of rotatable bonds is 5. The molecule has 0 unspecified atom stereocenters. The molecule has 0 spiro atoms. The summed E-state index contributed by atoms with van der Waals surface area (Å²) in [5.74, 6) is 0.473. The van der Waals surface area contributed by atoms with Crippen molar-refractivity contribution >= 4 is 15.6 Å². The molecule has 1 aromatic rings. The van der Waals surface area contributed by atoms with Crippen LogP contribution in [0.2, 0.25) is 0 Å². The molecular weight excluding hydrogens is 236 g/mol. The molecule has 0 amide bonds. The van der Waals surface area contributed by atoms with Crippen molar-refractivity contribution in [2.45, 2.75) is 31.1 Å². The van der Waals surface area contributed by atoms with Crippen molar-refractivity contribution in [1.82, 2.24) is 0 Å². The monoisotopic (exact) mass is 252 g/mol. The van der Waals surface area contributed by atoms with Gasteiger partial charge in [0.2, 0.25) is 0 Å². The molecule has 0 radical (unpaired) electrons. The first-order valence-electron chi connectivity index (χ1n) is 5.91. The van der Waals surface area contributed by atoms with Gasteiger partial charge in [0.05, 0.1) is 10.6 Å². The van der Waals surface area contributed by atoms with Crippen LogP contribution in [-0.2, 0) is 9.84 Å². The van der Waals surface area contributed by atoms with E-state index >= 15 is 0 Å². The number of carbonyl (C=O) groups excluding carboxylic acids is 1. The minimum absolute atomic E-state index is 0.143. The summed E-state index contributed by atoms with van der Waals surface area (Å²) in [6.45, 7) is 1.84. The number of hydrogen-bond acceptors (Lipinski definition) is 3. The van der Waals surface area contributed by atoms with Crippen molar-refractivity contribution < 1.29 is 13.2 Å². The molecule has 92 valence electrons. The lowest BCUT2D eigenvalue weighted by molar-refractivity contribution is 0.0967. The molecule has 0 saturated heterocycles. The summed E-state index contributed by atoms with van der Waals surface area (Å²) < 4.78 is 23.5. The van der Waals surface area contributed by atoms with Crippen molar-refractivity contribution in [3.05, 3.63) is 29.8 Å². The lowest BCUT2D eigenvalue weighted by atomic mass is 10.1. The van der Waals surface area contributed by atoms with E-state index in [1.165, 1.54) is 0 Å². The maximum absolute atomic E-state index is 11.8. The highest BCUT2D eigenvalue weighted by molar-refractivity contribution is 7.91. The summed E-state index contributed by atoms with van der Waals surface area (Å²) in [5, 5.41) is 0. The lowest BCUT2D eigenvalue weighted by Crippen LogP contribution is -2.07. The fourth-order valence-electron chi connectivity index (χ4n) is 1.79. The summed E-state index contributed by atoms with van der Waals surface area (Å²) in [6.07, 6.45) is 2.54. The maximum Gasteiger partial charge on any atom is 0.178 e. The highest BCUT2D eigenvalue weighted by Gasteiger charge is 2.30. The van der Waals surface area contributed by atoms with Crippen molar-refractivity contribution in [1.29, 1.82) is 0 Å². The van der Waals surface area contributed by atoms with E-state index in [-0.39, 0.29) is 17.5 Å². The van der Waals surface area contributed by atoms with Crippen LogP contribution in [0.25, 0.3) is 0 Å². The van der Waals surface area contributed by atoms with Gasteiger partial charge in [-0.3, -0.25) is 4.79 Å². The highest BCUT2D eigenvalue weighted by Crippen LogP contribution is 2.32. The highest BCUT2D eigenvalue weighted by atomic mass is 32.2. The third-order valence-corrected chi connectivity index (χ3v) is 4.86. The normalized spacial score (nSPS) is 15.8. The molecule has 3 nitrogen and oxygen atoms in total. The fraction of sp³-hybridized carbons (Fsp3) is 0.462. The summed E-state index contributed by atoms with van der Waals surface area (Å²) in [7, 11) is -3.17. The van der Waals surface area contributed by atoms with Crippen molar-refractivity contribution in [3.63, 3.8) is 0 Å². The SMILES string of the molecule is CCCS(=O)(=O)c1ccc(C(=O)C2CC2)cc1. The van der Waals surface area contributed by atoms with Gasteiger partial charge in [0.1, 0.15) is 0 Å². The molecule has 0 aromatic heterocycles. The Morgan fingerprint density at radius 2 is 1.82 bits per heavy atom. The van der Waals surface area contributed by atoms with Crippen LogP contribution in [0.15, 0.2) is 29.2 Å². The molecule has 0 atom stereocenters. The number of sulfone groups is 1. The molecule has 4 heteroatoms. The second-order valence-corrected chi connectivity index (χ2v) is 6.59. The van der Waals surface area contributed by atoms with Crippen LogP contribution in [0.4, 0.5) is 0 Å². The third-order valence-electron chi connectivity index (χ3n) is 2.92. The van der Waals surface area contributed by atoms with Gasteiger partial charge in [-0.05, 0) is 31.4 Å². The van der Waals surface area contributed by atoms with Crippen LogP contribution in [0, 0.1) is 5.92 Å².